The van der Waals surface area contributed by atoms with Gasteiger partial charge in [-0.15, -0.1) is 0 Å². The molecule has 3 aromatic carbocycles. The summed E-state index contributed by atoms with van der Waals surface area (Å²) in [6, 6.07) is 16.7. The number of ether oxygens (including phenoxy) is 7. The summed E-state index contributed by atoms with van der Waals surface area (Å²) in [5.41, 5.74) is 4.45. The molecule has 15 unspecified atom stereocenters. The van der Waals surface area contributed by atoms with Gasteiger partial charge in [-0.25, -0.2) is 0 Å². The van der Waals surface area contributed by atoms with E-state index in [1.165, 1.54) is 12.3 Å². The van der Waals surface area contributed by atoms with Gasteiger partial charge in [0.1, 0.15) is 60.7 Å². The third kappa shape index (κ3) is 6.43. The Kier molecular flexibility index (Phi) is 10.5. The van der Waals surface area contributed by atoms with Crippen LogP contribution in [0.1, 0.15) is 83.1 Å². The highest BCUT2D eigenvalue weighted by atomic mass is 16.7. The fourth-order valence-electron chi connectivity index (χ4n) is 13.8. The second-order valence-corrected chi connectivity index (χ2v) is 20.3. The highest BCUT2D eigenvalue weighted by molar-refractivity contribution is 5.90. The quantitative estimate of drug-likeness (QED) is 0.0437. The molecule has 2 aliphatic carbocycles. The molecule has 20 heteroatoms. The van der Waals surface area contributed by atoms with Gasteiger partial charge in [0.15, 0.2) is 35.6 Å². The fourth-order valence-corrected chi connectivity index (χ4v) is 13.8. The van der Waals surface area contributed by atoms with E-state index in [4.69, 9.17) is 38.9 Å². The van der Waals surface area contributed by atoms with Crippen LogP contribution in [0.4, 0.5) is 0 Å². The van der Waals surface area contributed by atoms with Crippen LogP contribution in [0.2, 0.25) is 0 Å². The predicted octanol–water partition coefficient (Wildman–Crippen LogP) is 1.97. The first kappa shape index (κ1) is 46.0. The number of benzene rings is 3. The van der Waals surface area contributed by atoms with E-state index in [9.17, 15) is 45.3 Å². The molecule has 6 aliphatic heterocycles. The number of carbonyl (C=O) groups is 2. The lowest BCUT2D eigenvalue weighted by Crippen LogP contribution is -2.88. The summed E-state index contributed by atoms with van der Waals surface area (Å²) in [6.07, 6.45) is -3.36. The van der Waals surface area contributed by atoms with Gasteiger partial charge in [-0.05, 0) is 66.6 Å². The van der Waals surface area contributed by atoms with Crippen molar-refractivity contribution in [3.8, 4) is 40.6 Å². The number of aromatic nitrogens is 2. The number of nitrogens with two attached hydrogens (primary N) is 1. The van der Waals surface area contributed by atoms with E-state index in [2.05, 4.69) is 22.1 Å². The van der Waals surface area contributed by atoms with Crippen molar-refractivity contribution in [2.24, 2.45) is 17.6 Å². The minimum Gasteiger partial charge on any atom is -0.487 e. The predicted molar refractivity (Wildman–Crippen MR) is 251 cm³/mol. The van der Waals surface area contributed by atoms with Crippen LogP contribution in [0.25, 0.3) is 10.9 Å². The molecule has 8 aliphatic rings. The van der Waals surface area contributed by atoms with Gasteiger partial charge in [0.05, 0.1) is 29.7 Å². The van der Waals surface area contributed by atoms with Crippen LogP contribution in [-0.2, 0) is 32.2 Å². The van der Waals surface area contributed by atoms with Crippen LogP contribution in [0.3, 0.4) is 0 Å². The molecule has 11 N–H and O–H groups in total. The Balaban J connectivity index is 1.05. The first-order chi connectivity index (χ1) is 35.3. The zero-order valence-electron chi connectivity index (χ0n) is 38.9. The maximum absolute atomic E-state index is 13.4. The smallest absolute Gasteiger partial charge is 0.317 e. The first-order valence-corrected chi connectivity index (χ1v) is 24.4. The number of rotatable bonds is 9. The number of aliphatic hydroxyl groups excluding tert-OH is 4. The second kappa shape index (κ2) is 16.6. The SMILES string of the molecule is NC1NC=CC2(OC3Oc4cc5c(c(Cn6cc7cc[nH]c7c6CO)c4C4CCC6CC4C3(O)C(O)C62O)C2Oc3c4ccc(OCO)c3OCC(O)C#CC(c3ccccc3)C(O5)C42)C1OC(=O)CC(=O)O. The molecule has 20 nitrogen and oxygen atoms in total. The van der Waals surface area contributed by atoms with Crippen LogP contribution in [0.15, 0.2) is 79.3 Å². The van der Waals surface area contributed by atoms with Crippen LogP contribution in [0.5, 0.6) is 28.7 Å². The van der Waals surface area contributed by atoms with E-state index in [-0.39, 0.29) is 49.8 Å². The maximum atomic E-state index is 13.4. The Morgan fingerprint density at radius 1 is 0.973 bits per heavy atom. The molecule has 2 aromatic heterocycles. The van der Waals surface area contributed by atoms with Gasteiger partial charge in [0, 0.05) is 53.0 Å². The molecular formula is C53H52N4O16. The molecule has 8 bridgehead atoms. The minimum absolute atomic E-state index is 0.110. The van der Waals surface area contributed by atoms with Crippen molar-refractivity contribution in [1.29, 1.82) is 0 Å². The number of nitrogens with one attached hydrogen (secondary N) is 2. The summed E-state index contributed by atoms with van der Waals surface area (Å²) in [6.45, 7) is -1.15. The number of aliphatic hydroxyl groups is 6. The number of aromatic amines is 1. The van der Waals surface area contributed by atoms with Gasteiger partial charge in [0.2, 0.25) is 12.0 Å². The lowest BCUT2D eigenvalue weighted by atomic mass is 9.47. The van der Waals surface area contributed by atoms with Gasteiger partial charge in [0.25, 0.3) is 0 Å². The normalized spacial score (nSPS) is 35.5. The van der Waals surface area contributed by atoms with E-state index in [1.54, 1.807) is 18.3 Å². The topological polar surface area (TPSA) is 299 Å². The molecular weight excluding hydrogens is 949 g/mol. The van der Waals surface area contributed by atoms with E-state index in [0.717, 1.165) is 16.5 Å². The Bertz CT molecular complexity index is 3180. The van der Waals surface area contributed by atoms with Gasteiger partial charge >= 0.3 is 11.9 Å². The number of hydrogen-bond acceptors (Lipinski definition) is 17. The van der Waals surface area contributed by atoms with Crippen molar-refractivity contribution in [3.05, 3.63) is 113 Å². The molecule has 380 valence electrons. The first-order valence-electron chi connectivity index (χ1n) is 24.4. The number of H-pyrrole nitrogens is 1. The molecule has 3 fully saturated rings. The van der Waals surface area contributed by atoms with Crippen molar-refractivity contribution in [2.75, 3.05) is 13.4 Å². The van der Waals surface area contributed by atoms with E-state index in [1.807, 2.05) is 53.2 Å². The molecule has 15 atom stereocenters. The van der Waals surface area contributed by atoms with Crippen molar-refractivity contribution in [3.63, 3.8) is 0 Å². The zero-order valence-corrected chi connectivity index (χ0v) is 38.9. The average molecular weight is 1000 g/mol. The van der Waals surface area contributed by atoms with E-state index < -0.39 is 115 Å². The van der Waals surface area contributed by atoms with Gasteiger partial charge in [-0.1, -0.05) is 48.2 Å². The summed E-state index contributed by atoms with van der Waals surface area (Å²) >= 11 is 0. The number of carbonyl (C=O) groups excluding carboxylic acids is 1. The van der Waals surface area contributed by atoms with Gasteiger partial charge in [-0.2, -0.15) is 0 Å². The molecule has 2 saturated carbocycles. The Morgan fingerprint density at radius 3 is 2.59 bits per heavy atom. The number of carboxylic acid groups (broad SMARTS) is 1. The highest BCUT2D eigenvalue weighted by Gasteiger charge is 2.81. The lowest BCUT2D eigenvalue weighted by Gasteiger charge is -2.69. The molecule has 0 amide bonds. The van der Waals surface area contributed by atoms with Crippen LogP contribution in [0, 0.1) is 23.7 Å². The molecule has 1 spiro atoms. The highest BCUT2D eigenvalue weighted by Crippen LogP contribution is 2.68. The Labute approximate surface area is 415 Å². The van der Waals surface area contributed by atoms with Gasteiger partial charge in [-0.3, -0.25) is 9.59 Å². The van der Waals surface area contributed by atoms with E-state index >= 15 is 0 Å². The van der Waals surface area contributed by atoms with Crippen molar-refractivity contribution in [2.45, 2.75) is 116 Å². The minimum atomic E-state index is -2.36. The number of fused-ring (bicyclic) bond motifs is 9. The number of aliphatic carboxylic acids is 1. The monoisotopic (exact) mass is 1000 g/mol. The summed E-state index contributed by atoms with van der Waals surface area (Å²) in [5, 5.41) is 84.9. The van der Waals surface area contributed by atoms with Crippen molar-refractivity contribution < 1.29 is 78.5 Å². The second-order valence-electron chi connectivity index (χ2n) is 20.3. The largest absolute Gasteiger partial charge is 0.487 e. The molecule has 8 heterocycles. The summed E-state index contributed by atoms with van der Waals surface area (Å²) in [7, 11) is 0. The Hall–Kier alpha value is -6.80. The third-order valence-corrected chi connectivity index (χ3v) is 16.8. The van der Waals surface area contributed by atoms with Crippen LogP contribution in [-0.4, -0.2) is 124 Å². The van der Waals surface area contributed by atoms with Crippen LogP contribution >= 0.6 is 0 Å². The summed E-state index contributed by atoms with van der Waals surface area (Å²) in [4.78, 5) is 28.2. The van der Waals surface area contributed by atoms with Crippen molar-refractivity contribution in [1.82, 2.24) is 14.9 Å². The number of carboxylic acids is 1. The maximum Gasteiger partial charge on any atom is 0.317 e. The summed E-state index contributed by atoms with van der Waals surface area (Å²) < 4.78 is 48.2. The molecule has 1 saturated heterocycles. The lowest BCUT2D eigenvalue weighted by molar-refractivity contribution is -0.425. The van der Waals surface area contributed by atoms with E-state index in [0.29, 0.717) is 45.9 Å². The average Bonchev–Trinajstić information content (AvgIpc) is 4.07. The van der Waals surface area contributed by atoms with Crippen molar-refractivity contribution >= 4 is 22.8 Å². The third-order valence-electron chi connectivity index (χ3n) is 16.8. The molecule has 0 radical (unpaired) electrons. The Morgan fingerprint density at radius 2 is 1.79 bits per heavy atom. The molecule has 5 aromatic rings. The standard InChI is InChI=1S/C53H52N4O16/c54-48-47(71-38(63)18-37(61)62)51(13-15-56-48)53(66)26-6-8-29-32(16-26)52(65,49(53)64)50(73-51)70-35-17-36-40(31(39(29)35)20-57-19-25-12-14-55-42(25)33(57)21-58)46-41-30-10-11-34(68-23-59)45(44(30)72-46)67-22-27(60)7-9-28(43(41)69-36)24-4-2-1-3-5-24/h1-5,10-15,17,19,26-29,32,41,43,46-50,55-56,58-60,64-66H,6,8,16,18,20-23,54H2,(H,61,62). The summed E-state index contributed by atoms with van der Waals surface area (Å²) in [5.74, 6) is 1.38. The molecule has 13 rings (SSSR count). The molecule has 73 heavy (non-hydrogen) atoms. The fraction of sp³-hybridized carbons (Fsp3) is 0.434. The zero-order chi connectivity index (χ0) is 50.3. The number of nitrogens with zero attached hydrogens (tertiary/aromatic N) is 1. The van der Waals surface area contributed by atoms with Gasteiger partial charge < -0.3 is 89.5 Å². The van der Waals surface area contributed by atoms with Crippen LogP contribution < -0.4 is 34.7 Å². The number of esters is 1. The number of hydrogen-bond donors (Lipinski definition) is 10.